The Balaban J connectivity index is 0.674. The van der Waals surface area contributed by atoms with Gasteiger partial charge >= 0.3 is 0 Å². The van der Waals surface area contributed by atoms with E-state index in [1.807, 2.05) is 76.4 Å². The van der Waals surface area contributed by atoms with Crippen LogP contribution < -0.4 is 26.4 Å². The number of phenolic OH excluding ortho intramolecular Hbond substituents is 1. The summed E-state index contributed by atoms with van der Waals surface area (Å²) < 4.78 is 13.8. The van der Waals surface area contributed by atoms with Gasteiger partial charge in [-0.05, 0) is 136 Å². The molecule has 0 fully saturated rings. The van der Waals surface area contributed by atoms with Crippen molar-refractivity contribution in [2.24, 2.45) is 15.6 Å². The van der Waals surface area contributed by atoms with E-state index in [1.165, 1.54) is 17.5 Å². The normalized spacial score (nSPS) is 13.7. The minimum absolute atomic E-state index is 0.0815. The number of ether oxygens (including phenoxy) is 2. The van der Waals surface area contributed by atoms with Crippen molar-refractivity contribution >= 4 is 51.9 Å². The molecule has 78 heavy (non-hydrogen) atoms. The number of H-pyrrole nitrogens is 1. The van der Waals surface area contributed by atoms with E-state index in [2.05, 4.69) is 86.4 Å². The number of imidazole rings is 1. The van der Waals surface area contributed by atoms with Crippen LogP contribution in [0, 0.1) is 5.41 Å². The van der Waals surface area contributed by atoms with Crippen LogP contribution in [0.4, 0.5) is 23.0 Å². The summed E-state index contributed by atoms with van der Waals surface area (Å²) in [6.45, 7) is 13.3. The van der Waals surface area contributed by atoms with E-state index in [1.54, 1.807) is 35.0 Å². The Labute approximate surface area is 455 Å². The molecular weight excluding hydrogens is 989 g/mol. The maximum atomic E-state index is 13.2. The molecule has 1 aliphatic rings. The monoisotopic (exact) mass is 1060 g/mol. The predicted octanol–water partition coefficient (Wildman–Crippen LogP) is 8.64. The molecule has 4 aromatic carbocycles. The molecule has 1 atom stereocenters. The fourth-order valence-corrected chi connectivity index (χ4v) is 9.25. The summed E-state index contributed by atoms with van der Waals surface area (Å²) in [5.41, 5.74) is 13.7. The lowest BCUT2D eigenvalue weighted by Crippen LogP contribution is -2.42. The van der Waals surface area contributed by atoms with Crippen molar-refractivity contribution in [3.05, 3.63) is 137 Å². The van der Waals surface area contributed by atoms with E-state index in [-0.39, 0.29) is 43.2 Å². The smallest absolute Gasteiger partial charge is 0.245 e. The number of hydrogen-bond acceptors (Lipinski definition) is 15. The Bertz CT molecular complexity index is 3140. The van der Waals surface area contributed by atoms with Gasteiger partial charge in [-0.2, -0.15) is 20.2 Å². The first-order chi connectivity index (χ1) is 37.6. The van der Waals surface area contributed by atoms with Gasteiger partial charge in [-0.3, -0.25) is 24.0 Å². The number of aryl methyl sites for hydroxylation is 2. The zero-order valence-corrected chi connectivity index (χ0v) is 45.3. The maximum absolute atomic E-state index is 13.2. The van der Waals surface area contributed by atoms with Crippen molar-refractivity contribution in [2.45, 2.75) is 124 Å². The summed E-state index contributed by atoms with van der Waals surface area (Å²) in [6, 6.07) is 29.3. The fourth-order valence-electron chi connectivity index (χ4n) is 9.25. The number of benzene rings is 4. The number of aromatic hydroxyl groups is 1. The van der Waals surface area contributed by atoms with Crippen LogP contribution in [0.1, 0.15) is 100 Å². The van der Waals surface area contributed by atoms with Gasteiger partial charge in [0.25, 0.3) is 0 Å². The van der Waals surface area contributed by atoms with Crippen LogP contribution in [0.2, 0.25) is 0 Å². The second kappa shape index (κ2) is 26.3. The maximum Gasteiger partial charge on any atom is 0.245 e. The lowest BCUT2D eigenvalue weighted by molar-refractivity contribution is -0.132. The number of nitrogen functional groups attached to an aromatic ring is 1. The molecule has 0 saturated heterocycles. The van der Waals surface area contributed by atoms with Crippen molar-refractivity contribution < 1.29 is 29.0 Å². The van der Waals surface area contributed by atoms with Crippen LogP contribution in [0.5, 0.6) is 11.6 Å². The highest BCUT2D eigenvalue weighted by Crippen LogP contribution is 2.31. The number of fused-ring (bicyclic) bond motifs is 2. The summed E-state index contributed by atoms with van der Waals surface area (Å²) in [6.07, 6.45) is 10.1. The number of azo groups is 1. The molecule has 20 heteroatoms. The zero-order valence-electron chi connectivity index (χ0n) is 45.3. The second-order valence-corrected chi connectivity index (χ2v) is 21.1. The number of anilines is 2. The average molecular weight is 1060 g/mol. The number of hydrogen-bond donors (Lipinski definition) is 6. The summed E-state index contributed by atoms with van der Waals surface area (Å²) >= 11 is 0. The fraction of sp³-hybridized carbons (Fsp3) is 0.414. The van der Waals surface area contributed by atoms with Crippen LogP contribution in [0.3, 0.4) is 0 Å². The van der Waals surface area contributed by atoms with E-state index in [4.69, 9.17) is 15.2 Å². The van der Waals surface area contributed by atoms with E-state index in [9.17, 15) is 19.5 Å². The molecule has 3 heterocycles. The number of carbonyl (C=O) groups is 3. The van der Waals surface area contributed by atoms with E-state index in [0.29, 0.717) is 84.9 Å². The lowest BCUT2D eigenvalue weighted by atomic mass is 9.86. The second-order valence-electron chi connectivity index (χ2n) is 21.1. The van der Waals surface area contributed by atoms with Crippen molar-refractivity contribution in [2.75, 3.05) is 37.3 Å². The number of aromatic amines is 1. The Hall–Kier alpha value is -8.10. The van der Waals surface area contributed by atoms with Crippen LogP contribution in [-0.4, -0.2) is 101 Å². The predicted molar refractivity (Wildman–Crippen MR) is 298 cm³/mol. The van der Waals surface area contributed by atoms with Crippen LogP contribution in [0.25, 0.3) is 11.2 Å². The minimum Gasteiger partial charge on any atom is -0.508 e. The van der Waals surface area contributed by atoms with Crippen molar-refractivity contribution in [3.63, 3.8) is 0 Å². The Kier molecular flexibility index (Phi) is 18.9. The summed E-state index contributed by atoms with van der Waals surface area (Å²) in [5, 5.41) is 36.2. The van der Waals surface area contributed by atoms with Gasteiger partial charge < -0.3 is 41.2 Å². The SMILES string of the molecule is CCCN(CCc1ccc(N=Nc2ccc(NC(=O)CNC(=O)C(C)(C)CCOC(C)(C)CCn3cc(CCC(=O)NCc4ccc(COc5nc(N)nc6nc[nH]c56)cc4)nn3)cc2)cc1)C1CCc2c(O)cccc2C1. The summed E-state index contributed by atoms with van der Waals surface area (Å²) in [5.74, 6) is 0.137. The molecule has 0 aliphatic heterocycles. The third-order valence-electron chi connectivity index (χ3n) is 14.1. The van der Waals surface area contributed by atoms with Gasteiger partial charge in [-0.1, -0.05) is 74.5 Å². The topological polar surface area (TPSA) is 265 Å². The van der Waals surface area contributed by atoms with Crippen LogP contribution >= 0.6 is 0 Å². The zero-order chi connectivity index (χ0) is 55.1. The molecule has 8 rings (SSSR count). The number of carbonyl (C=O) groups excluding carboxylic acids is 3. The first-order valence-electron chi connectivity index (χ1n) is 26.8. The number of phenols is 1. The molecular formula is C58H72N14O6. The molecule has 7 N–H and O–H groups in total. The van der Waals surface area contributed by atoms with E-state index < -0.39 is 11.0 Å². The van der Waals surface area contributed by atoms with Crippen molar-refractivity contribution in [1.29, 1.82) is 0 Å². The number of nitrogens with one attached hydrogen (secondary N) is 4. The molecule has 7 aromatic rings. The molecule has 3 aromatic heterocycles. The molecule has 3 amide bonds. The molecule has 1 unspecified atom stereocenters. The number of amides is 3. The molecule has 0 spiro atoms. The number of nitrogens with two attached hydrogens (primary N) is 1. The third kappa shape index (κ3) is 16.2. The van der Waals surface area contributed by atoms with Crippen LogP contribution in [-0.2, 0) is 64.5 Å². The van der Waals surface area contributed by atoms with Gasteiger partial charge in [0.1, 0.15) is 17.9 Å². The Morgan fingerprint density at radius 1 is 0.872 bits per heavy atom. The average Bonchev–Trinajstić information content (AvgIpc) is 4.14. The van der Waals surface area contributed by atoms with E-state index in [0.717, 1.165) is 67.6 Å². The molecule has 1 aliphatic carbocycles. The van der Waals surface area contributed by atoms with Crippen molar-refractivity contribution in [3.8, 4) is 11.6 Å². The summed E-state index contributed by atoms with van der Waals surface area (Å²) in [4.78, 5) is 56.6. The Morgan fingerprint density at radius 3 is 2.36 bits per heavy atom. The van der Waals surface area contributed by atoms with Crippen LogP contribution in [0.15, 0.2) is 114 Å². The molecule has 410 valence electrons. The van der Waals surface area contributed by atoms with Gasteiger partial charge in [-0.15, -0.1) is 5.10 Å². The van der Waals surface area contributed by atoms with Gasteiger partial charge in [-0.25, -0.2) is 4.98 Å². The standard InChI is InChI=1S/C58H72N14O6/c1-6-29-71(47-23-24-48-42(33-47)8-7-9-49(48)73)30-26-39-14-16-44(17-15-39)67-68-45-20-18-43(19-21-45)64-51(75)35-61-55(76)57(2,3)28-32-78-58(4,5)27-31-72-36-46(69-70-72)22-25-50(74)60-34-40-10-12-41(13-11-40)37-77-54-52-53(63-38-62-52)65-56(59)66-54/h7-21,36,38,47,73H,6,22-35,37H2,1-5H3,(H,60,74)(H,61,76)(H,64,75)(H3,59,62,63,65,66). The molecule has 0 bridgehead atoms. The molecule has 20 nitrogen and oxygen atoms in total. The largest absolute Gasteiger partial charge is 0.508 e. The Morgan fingerprint density at radius 2 is 1.60 bits per heavy atom. The number of aromatic nitrogens is 7. The highest BCUT2D eigenvalue weighted by Gasteiger charge is 2.30. The van der Waals surface area contributed by atoms with Gasteiger partial charge in [0.05, 0.1) is 35.5 Å². The summed E-state index contributed by atoms with van der Waals surface area (Å²) in [7, 11) is 0. The molecule has 0 saturated carbocycles. The quantitative estimate of drug-likeness (QED) is 0.0264. The molecule has 0 radical (unpaired) electrons. The van der Waals surface area contributed by atoms with Gasteiger partial charge in [0, 0.05) is 62.4 Å². The minimum atomic E-state index is -0.786. The van der Waals surface area contributed by atoms with Gasteiger partial charge in [0.2, 0.25) is 29.5 Å². The number of rotatable bonds is 27. The lowest BCUT2D eigenvalue weighted by Gasteiger charge is -2.35. The third-order valence-corrected chi connectivity index (χ3v) is 14.1. The first kappa shape index (κ1) is 56.1. The highest BCUT2D eigenvalue weighted by molar-refractivity contribution is 5.95. The van der Waals surface area contributed by atoms with Crippen molar-refractivity contribution in [1.82, 2.24) is 50.5 Å². The van der Waals surface area contributed by atoms with E-state index >= 15 is 0 Å². The van der Waals surface area contributed by atoms with Gasteiger partial charge in [0.15, 0.2) is 5.65 Å². The first-order valence-corrected chi connectivity index (χ1v) is 26.8. The highest BCUT2D eigenvalue weighted by atomic mass is 16.5. The number of nitrogens with zero attached hydrogens (tertiary/aromatic N) is 9.